The quantitative estimate of drug-likeness (QED) is 0.877. The van der Waals surface area contributed by atoms with Crippen LogP contribution in [-0.4, -0.2) is 24.6 Å². The van der Waals surface area contributed by atoms with E-state index in [4.69, 9.17) is 4.42 Å². The Kier molecular flexibility index (Phi) is 3.87. The molecule has 104 valence electrons. The molecule has 2 atom stereocenters. The average molecular weight is 269 g/mol. The van der Waals surface area contributed by atoms with E-state index in [1.54, 1.807) is 31.5 Å². The van der Waals surface area contributed by atoms with Gasteiger partial charge in [-0.1, -0.05) is 12.1 Å². The molecule has 0 fully saturated rings. The third-order valence-electron chi connectivity index (χ3n) is 3.48. The summed E-state index contributed by atoms with van der Waals surface area (Å²) in [6.07, 6.45) is -1.34. The number of furan rings is 1. The number of likely N-dealkylation sites (N-methyl/N-ethyl adjacent to an activating group) is 1. The molecule has 2 aromatic rings. The van der Waals surface area contributed by atoms with Gasteiger partial charge >= 0.3 is 0 Å². The van der Waals surface area contributed by atoms with Gasteiger partial charge in [0.15, 0.2) is 0 Å². The minimum absolute atomic E-state index is 0.417. The lowest BCUT2D eigenvalue weighted by molar-refractivity contribution is -0.00844. The highest BCUT2D eigenvalue weighted by molar-refractivity contribution is 5.77. The SMILES string of the molecule is CNC(CC(F)F)C(C)(O)c1ccc2ccoc2c1. The number of alkyl halides is 2. The van der Waals surface area contributed by atoms with Gasteiger partial charge < -0.3 is 14.8 Å². The Balaban J connectivity index is 2.35. The zero-order valence-corrected chi connectivity index (χ0v) is 10.9. The fourth-order valence-electron chi connectivity index (χ4n) is 2.28. The number of halogens is 2. The van der Waals surface area contributed by atoms with Gasteiger partial charge in [0.05, 0.1) is 6.26 Å². The van der Waals surface area contributed by atoms with E-state index in [1.807, 2.05) is 6.07 Å². The molecule has 0 spiro atoms. The molecule has 1 aromatic carbocycles. The maximum absolute atomic E-state index is 12.6. The third-order valence-corrected chi connectivity index (χ3v) is 3.48. The summed E-state index contributed by atoms with van der Waals surface area (Å²) in [5.41, 5.74) is -0.216. The minimum atomic E-state index is -2.48. The Morgan fingerprint density at radius 1 is 1.37 bits per heavy atom. The van der Waals surface area contributed by atoms with Gasteiger partial charge in [-0.15, -0.1) is 0 Å². The predicted octanol–water partition coefficient (Wildman–Crippen LogP) is 2.88. The van der Waals surface area contributed by atoms with E-state index >= 15 is 0 Å². The summed E-state index contributed by atoms with van der Waals surface area (Å²) in [5.74, 6) is 0. The molecular weight excluding hydrogens is 252 g/mol. The first-order valence-corrected chi connectivity index (χ1v) is 6.10. The fourth-order valence-corrected chi connectivity index (χ4v) is 2.28. The van der Waals surface area contributed by atoms with Crippen LogP contribution in [0, 0.1) is 0 Å². The molecule has 0 amide bonds. The van der Waals surface area contributed by atoms with E-state index in [1.165, 1.54) is 6.92 Å². The molecule has 0 aliphatic carbocycles. The number of aliphatic hydroxyl groups is 1. The van der Waals surface area contributed by atoms with Crippen molar-refractivity contribution < 1.29 is 18.3 Å². The number of fused-ring (bicyclic) bond motifs is 1. The normalized spacial score (nSPS) is 16.7. The summed E-state index contributed by atoms with van der Waals surface area (Å²) in [5, 5.41) is 14.2. The van der Waals surface area contributed by atoms with Crippen molar-refractivity contribution in [3.63, 3.8) is 0 Å². The number of hydrogen-bond acceptors (Lipinski definition) is 3. The summed E-state index contributed by atoms with van der Waals surface area (Å²) < 4.78 is 30.4. The lowest BCUT2D eigenvalue weighted by Crippen LogP contribution is -2.46. The first-order chi connectivity index (χ1) is 8.95. The highest BCUT2D eigenvalue weighted by Gasteiger charge is 2.34. The summed E-state index contributed by atoms with van der Waals surface area (Å²) in [6, 6.07) is 6.29. The smallest absolute Gasteiger partial charge is 0.240 e. The van der Waals surface area contributed by atoms with Crippen LogP contribution in [-0.2, 0) is 5.60 Å². The van der Waals surface area contributed by atoms with E-state index in [0.29, 0.717) is 11.1 Å². The third kappa shape index (κ3) is 2.77. The summed E-state index contributed by atoms with van der Waals surface area (Å²) >= 11 is 0. The van der Waals surface area contributed by atoms with Crippen LogP contribution in [0.15, 0.2) is 34.9 Å². The van der Waals surface area contributed by atoms with Crippen LogP contribution in [0.2, 0.25) is 0 Å². The van der Waals surface area contributed by atoms with Crippen LogP contribution in [0.1, 0.15) is 18.9 Å². The van der Waals surface area contributed by atoms with Crippen LogP contribution in [0.4, 0.5) is 8.78 Å². The molecule has 1 aromatic heterocycles. The van der Waals surface area contributed by atoms with Gasteiger partial charge in [0.25, 0.3) is 0 Å². The maximum atomic E-state index is 12.6. The molecule has 0 aliphatic heterocycles. The maximum Gasteiger partial charge on any atom is 0.240 e. The minimum Gasteiger partial charge on any atom is -0.464 e. The topological polar surface area (TPSA) is 45.4 Å². The Morgan fingerprint density at radius 3 is 2.74 bits per heavy atom. The monoisotopic (exact) mass is 269 g/mol. The second-order valence-electron chi connectivity index (χ2n) is 4.79. The van der Waals surface area contributed by atoms with Gasteiger partial charge in [0.2, 0.25) is 6.43 Å². The zero-order chi connectivity index (χ0) is 14.0. The van der Waals surface area contributed by atoms with Gasteiger partial charge in [-0.2, -0.15) is 0 Å². The highest BCUT2D eigenvalue weighted by atomic mass is 19.3. The molecule has 0 radical (unpaired) electrons. The van der Waals surface area contributed by atoms with Crippen molar-refractivity contribution in [1.82, 2.24) is 5.32 Å². The molecule has 2 rings (SSSR count). The Labute approximate surface area is 110 Å². The number of rotatable bonds is 5. The van der Waals surface area contributed by atoms with Crippen molar-refractivity contribution in [3.8, 4) is 0 Å². The highest BCUT2D eigenvalue weighted by Crippen LogP contribution is 2.30. The predicted molar refractivity (Wildman–Crippen MR) is 69.3 cm³/mol. The Hall–Kier alpha value is -1.46. The Morgan fingerprint density at radius 2 is 2.11 bits per heavy atom. The fraction of sp³-hybridized carbons (Fsp3) is 0.429. The first-order valence-electron chi connectivity index (χ1n) is 6.10. The van der Waals surface area contributed by atoms with E-state index in [2.05, 4.69) is 5.32 Å². The van der Waals surface area contributed by atoms with Crippen molar-refractivity contribution >= 4 is 11.0 Å². The lowest BCUT2D eigenvalue weighted by Gasteiger charge is -2.33. The van der Waals surface area contributed by atoms with E-state index in [0.717, 1.165) is 5.39 Å². The standard InChI is InChI=1S/C14H17F2NO2/c1-14(18,12(17-2)8-13(15)16)10-4-3-9-5-6-19-11(9)7-10/h3-7,12-13,17-18H,8H2,1-2H3. The molecule has 2 N–H and O–H groups in total. The largest absolute Gasteiger partial charge is 0.464 e. The van der Waals surface area contributed by atoms with Gasteiger partial charge in [-0.3, -0.25) is 0 Å². The number of hydrogen-bond donors (Lipinski definition) is 2. The van der Waals surface area contributed by atoms with E-state index in [9.17, 15) is 13.9 Å². The summed E-state index contributed by atoms with van der Waals surface area (Å²) in [6.45, 7) is 1.53. The van der Waals surface area contributed by atoms with E-state index in [-0.39, 0.29) is 0 Å². The average Bonchev–Trinajstić information content (AvgIpc) is 2.82. The second kappa shape index (κ2) is 5.27. The molecule has 1 heterocycles. The van der Waals surface area contributed by atoms with Crippen LogP contribution in [0.5, 0.6) is 0 Å². The molecule has 2 unspecified atom stereocenters. The molecule has 0 aliphatic rings. The van der Waals surface area contributed by atoms with Gasteiger partial charge in [-0.05, 0) is 31.7 Å². The molecule has 0 saturated carbocycles. The second-order valence-corrected chi connectivity index (χ2v) is 4.79. The van der Waals surface area contributed by atoms with Crippen molar-refractivity contribution in [1.29, 1.82) is 0 Å². The number of nitrogens with one attached hydrogen (secondary N) is 1. The number of benzene rings is 1. The first kappa shape index (κ1) is 14.0. The summed E-state index contributed by atoms with van der Waals surface area (Å²) in [4.78, 5) is 0. The van der Waals surface area contributed by atoms with Crippen molar-refractivity contribution in [2.75, 3.05) is 7.05 Å². The lowest BCUT2D eigenvalue weighted by atomic mass is 9.86. The molecule has 0 bridgehead atoms. The van der Waals surface area contributed by atoms with Crippen molar-refractivity contribution in [3.05, 3.63) is 36.1 Å². The summed E-state index contributed by atoms with van der Waals surface area (Å²) in [7, 11) is 1.56. The van der Waals surface area contributed by atoms with Crippen LogP contribution >= 0.6 is 0 Å². The van der Waals surface area contributed by atoms with Gasteiger partial charge in [0.1, 0.15) is 11.2 Å². The molecule has 3 nitrogen and oxygen atoms in total. The van der Waals surface area contributed by atoms with Crippen LogP contribution in [0.25, 0.3) is 11.0 Å². The zero-order valence-electron chi connectivity index (χ0n) is 10.9. The molecule has 0 saturated heterocycles. The Bertz CT molecular complexity index is 551. The van der Waals surface area contributed by atoms with Gasteiger partial charge in [0, 0.05) is 17.8 Å². The molecular formula is C14H17F2NO2. The molecule has 5 heteroatoms. The van der Waals surface area contributed by atoms with E-state index < -0.39 is 24.5 Å². The van der Waals surface area contributed by atoms with Crippen molar-refractivity contribution in [2.24, 2.45) is 0 Å². The van der Waals surface area contributed by atoms with Gasteiger partial charge in [-0.25, -0.2) is 8.78 Å². The van der Waals surface area contributed by atoms with Crippen molar-refractivity contribution in [2.45, 2.75) is 31.4 Å². The van der Waals surface area contributed by atoms with Crippen LogP contribution < -0.4 is 5.32 Å². The van der Waals surface area contributed by atoms with Crippen LogP contribution in [0.3, 0.4) is 0 Å². The molecule has 19 heavy (non-hydrogen) atoms.